The molecule has 0 heterocycles. The normalized spacial score (nSPS) is 10.5. The quantitative estimate of drug-likeness (QED) is 0.738. The van der Waals surface area contributed by atoms with Gasteiger partial charge in [-0.3, -0.25) is 0 Å². The van der Waals surface area contributed by atoms with Crippen LogP contribution in [0.15, 0.2) is 11.0 Å². The number of hydrogen-bond donors (Lipinski definition) is 0. The molecule has 0 N–H and O–H groups in total. The molecule has 0 radical (unpaired) electrons. The van der Waals surface area contributed by atoms with Crippen molar-refractivity contribution in [3.05, 3.63) is 23.5 Å². The predicted octanol–water partition coefficient (Wildman–Crippen LogP) is 3.61. The first-order chi connectivity index (χ1) is 7.11. The van der Waals surface area contributed by atoms with Crippen molar-refractivity contribution in [2.75, 3.05) is 12.9 Å². The minimum absolute atomic E-state index is 0.202. The number of rotatable bonds is 4. The van der Waals surface area contributed by atoms with Crippen molar-refractivity contribution < 1.29 is 17.9 Å². The summed E-state index contributed by atoms with van der Waals surface area (Å²) in [7, 11) is 0. The molecule has 0 unspecified atom stereocenters. The molecule has 0 aromatic heterocycles. The Bertz CT molecular complexity index is 355. The first-order valence-electron chi connectivity index (χ1n) is 4.46. The van der Waals surface area contributed by atoms with Gasteiger partial charge in [-0.05, 0) is 12.7 Å². The van der Waals surface area contributed by atoms with Gasteiger partial charge in [-0.2, -0.15) is 0 Å². The van der Waals surface area contributed by atoms with Crippen molar-refractivity contribution in [3.8, 4) is 5.75 Å². The van der Waals surface area contributed by atoms with Gasteiger partial charge in [0.2, 0.25) is 0 Å². The number of ether oxygens (including phenoxy) is 1. The average molecular weight is 236 g/mol. The fourth-order valence-corrected chi connectivity index (χ4v) is 1.60. The maximum Gasteiger partial charge on any atom is 0.192 e. The maximum absolute atomic E-state index is 13.5. The average Bonchev–Trinajstić information content (AvgIpc) is 2.17. The van der Waals surface area contributed by atoms with E-state index in [2.05, 4.69) is 0 Å². The van der Waals surface area contributed by atoms with Gasteiger partial charge in [0.25, 0.3) is 0 Å². The molecule has 1 aromatic carbocycles. The van der Waals surface area contributed by atoms with E-state index in [1.54, 1.807) is 0 Å². The first kappa shape index (κ1) is 12.2. The summed E-state index contributed by atoms with van der Waals surface area (Å²) in [6.07, 6.45) is 2.15. The number of halogens is 3. The van der Waals surface area contributed by atoms with E-state index in [4.69, 9.17) is 4.74 Å². The van der Waals surface area contributed by atoms with E-state index >= 15 is 0 Å². The van der Waals surface area contributed by atoms with Crippen LogP contribution in [0, 0.1) is 17.5 Å². The third kappa shape index (κ3) is 2.59. The van der Waals surface area contributed by atoms with Crippen LogP contribution in [0.1, 0.15) is 13.3 Å². The minimum atomic E-state index is -1.00. The molecule has 0 fully saturated rings. The summed E-state index contributed by atoms with van der Waals surface area (Å²) in [6.45, 7) is 2.02. The molecule has 0 atom stereocenters. The maximum atomic E-state index is 13.5. The Balaban J connectivity index is 3.14. The van der Waals surface area contributed by atoms with Gasteiger partial charge in [-0.15, -0.1) is 11.8 Å². The summed E-state index contributed by atoms with van der Waals surface area (Å²) in [6, 6.07) is 0.639. The van der Waals surface area contributed by atoms with Crippen LogP contribution in [0.5, 0.6) is 5.75 Å². The van der Waals surface area contributed by atoms with Gasteiger partial charge in [0.05, 0.1) is 11.5 Å². The lowest BCUT2D eigenvalue weighted by atomic mass is 10.3. The van der Waals surface area contributed by atoms with E-state index < -0.39 is 23.2 Å². The van der Waals surface area contributed by atoms with Crippen LogP contribution in [0.2, 0.25) is 0 Å². The predicted molar refractivity (Wildman–Crippen MR) is 53.9 cm³/mol. The molecule has 1 nitrogen and oxygen atoms in total. The highest BCUT2D eigenvalue weighted by atomic mass is 32.2. The first-order valence-corrected chi connectivity index (χ1v) is 5.68. The third-order valence-electron chi connectivity index (χ3n) is 1.74. The Morgan fingerprint density at radius 3 is 2.47 bits per heavy atom. The van der Waals surface area contributed by atoms with Crippen molar-refractivity contribution in [2.45, 2.75) is 18.2 Å². The lowest BCUT2D eigenvalue weighted by Crippen LogP contribution is -2.02. The standard InChI is InChI=1S/C10H11F3OS/c1-3-4-14-9-6(11)5-7(12)10(15-2)8(9)13/h5H,3-4H2,1-2H3. The van der Waals surface area contributed by atoms with Crippen LogP contribution in [-0.2, 0) is 0 Å². The zero-order valence-electron chi connectivity index (χ0n) is 8.44. The van der Waals surface area contributed by atoms with Crippen molar-refractivity contribution in [2.24, 2.45) is 0 Å². The molecule has 1 rings (SSSR count). The van der Waals surface area contributed by atoms with E-state index in [-0.39, 0.29) is 11.5 Å². The second-order valence-corrected chi connectivity index (χ2v) is 3.68. The highest BCUT2D eigenvalue weighted by molar-refractivity contribution is 7.98. The highest BCUT2D eigenvalue weighted by Gasteiger charge is 2.19. The minimum Gasteiger partial charge on any atom is -0.488 e. The largest absolute Gasteiger partial charge is 0.488 e. The van der Waals surface area contributed by atoms with Crippen molar-refractivity contribution >= 4 is 11.8 Å². The van der Waals surface area contributed by atoms with Crippen LogP contribution < -0.4 is 4.74 Å². The molecule has 1 aromatic rings. The van der Waals surface area contributed by atoms with Gasteiger partial charge >= 0.3 is 0 Å². The zero-order valence-corrected chi connectivity index (χ0v) is 9.26. The Labute approximate surface area is 90.6 Å². The van der Waals surface area contributed by atoms with E-state index in [0.29, 0.717) is 12.5 Å². The second-order valence-electron chi connectivity index (χ2n) is 2.87. The molecular formula is C10H11F3OS. The SMILES string of the molecule is CCCOc1c(F)cc(F)c(SC)c1F. The smallest absolute Gasteiger partial charge is 0.192 e. The van der Waals surface area contributed by atoms with Gasteiger partial charge in [-0.25, -0.2) is 13.2 Å². The summed E-state index contributed by atoms with van der Waals surface area (Å²) in [4.78, 5) is -0.220. The van der Waals surface area contributed by atoms with Gasteiger partial charge < -0.3 is 4.74 Å². The lowest BCUT2D eigenvalue weighted by Gasteiger charge is -2.10. The third-order valence-corrected chi connectivity index (χ3v) is 2.52. The monoisotopic (exact) mass is 236 g/mol. The molecule has 0 bridgehead atoms. The molecule has 0 saturated heterocycles. The van der Waals surface area contributed by atoms with Gasteiger partial charge in [0.1, 0.15) is 5.82 Å². The zero-order chi connectivity index (χ0) is 11.4. The molecule has 0 aliphatic carbocycles. The van der Waals surface area contributed by atoms with Crippen LogP contribution >= 0.6 is 11.8 Å². The molecule has 0 aliphatic heterocycles. The number of benzene rings is 1. The fourth-order valence-electron chi connectivity index (χ4n) is 1.08. The number of hydrogen-bond acceptors (Lipinski definition) is 2. The fraction of sp³-hybridized carbons (Fsp3) is 0.400. The van der Waals surface area contributed by atoms with Crippen LogP contribution in [0.4, 0.5) is 13.2 Å². The molecule has 84 valence electrons. The van der Waals surface area contributed by atoms with E-state index in [0.717, 1.165) is 11.8 Å². The van der Waals surface area contributed by atoms with Crippen molar-refractivity contribution in [1.82, 2.24) is 0 Å². The molecule has 0 saturated carbocycles. The Morgan fingerprint density at radius 2 is 1.93 bits per heavy atom. The van der Waals surface area contributed by atoms with E-state index in [1.165, 1.54) is 6.26 Å². The second kappa shape index (κ2) is 5.30. The Kier molecular flexibility index (Phi) is 4.32. The molecule has 15 heavy (non-hydrogen) atoms. The Morgan fingerprint density at radius 1 is 1.27 bits per heavy atom. The lowest BCUT2D eigenvalue weighted by molar-refractivity contribution is 0.279. The summed E-state index contributed by atoms with van der Waals surface area (Å²) in [5.74, 6) is -3.37. The van der Waals surface area contributed by atoms with Gasteiger partial charge in [-0.1, -0.05) is 6.92 Å². The molecule has 0 aliphatic rings. The van der Waals surface area contributed by atoms with E-state index in [9.17, 15) is 13.2 Å². The van der Waals surface area contributed by atoms with Crippen LogP contribution in [0.25, 0.3) is 0 Å². The van der Waals surface area contributed by atoms with Crippen molar-refractivity contribution in [3.63, 3.8) is 0 Å². The van der Waals surface area contributed by atoms with Crippen LogP contribution in [-0.4, -0.2) is 12.9 Å². The Hall–Kier alpha value is -0.840. The van der Waals surface area contributed by atoms with Crippen LogP contribution in [0.3, 0.4) is 0 Å². The molecular weight excluding hydrogens is 225 g/mol. The summed E-state index contributed by atoms with van der Waals surface area (Å²) < 4.78 is 44.6. The molecule has 0 amide bonds. The van der Waals surface area contributed by atoms with E-state index in [1.807, 2.05) is 6.92 Å². The topological polar surface area (TPSA) is 9.23 Å². The highest BCUT2D eigenvalue weighted by Crippen LogP contribution is 2.32. The number of thioether (sulfide) groups is 1. The molecule has 0 spiro atoms. The summed E-state index contributed by atoms with van der Waals surface area (Å²) in [5.41, 5.74) is 0. The summed E-state index contributed by atoms with van der Waals surface area (Å²) >= 11 is 0.882. The summed E-state index contributed by atoms with van der Waals surface area (Å²) in [5, 5.41) is 0. The molecule has 5 heteroatoms. The van der Waals surface area contributed by atoms with Gasteiger partial charge in [0.15, 0.2) is 17.4 Å². The van der Waals surface area contributed by atoms with Gasteiger partial charge in [0, 0.05) is 6.07 Å². The van der Waals surface area contributed by atoms with Crippen molar-refractivity contribution in [1.29, 1.82) is 0 Å².